The number of benzene rings is 9. The molecule has 9 aromatic rings. The van der Waals surface area contributed by atoms with Gasteiger partial charge in [0.25, 0.3) is 0 Å². The van der Waals surface area contributed by atoms with Gasteiger partial charge in [0.05, 0.1) is 0 Å². The summed E-state index contributed by atoms with van der Waals surface area (Å²) in [5.41, 5.74) is 7.98. The van der Waals surface area contributed by atoms with E-state index in [0.717, 1.165) is 0 Å². The molecule has 0 bridgehead atoms. The van der Waals surface area contributed by atoms with Crippen LogP contribution in [0.1, 0.15) is 33.4 Å². The monoisotopic (exact) mass is 618 g/mol. The molecule has 0 amide bonds. The quantitative estimate of drug-likeness (QED) is 0.148. The van der Waals surface area contributed by atoms with Gasteiger partial charge in [-0.05, 0) is 142 Å². The SMILES string of the molecule is Cc1ccc2c(C)c3ccccc3cc2c1.Cc1ccc2cc3cc(C)ccc3cc2c1.Cc1ccc2cc3ccc(C)cc3cc2c1. The van der Waals surface area contributed by atoms with E-state index in [1.807, 2.05) is 0 Å². The zero-order valence-corrected chi connectivity index (χ0v) is 28.9. The highest BCUT2D eigenvalue weighted by atomic mass is 14.1. The molecule has 0 aliphatic heterocycles. The summed E-state index contributed by atoms with van der Waals surface area (Å²) in [6.45, 7) is 12.9. The number of rotatable bonds is 0. The van der Waals surface area contributed by atoms with Gasteiger partial charge in [0.15, 0.2) is 0 Å². The van der Waals surface area contributed by atoms with Crippen molar-refractivity contribution in [2.75, 3.05) is 0 Å². The zero-order chi connectivity index (χ0) is 33.4. The molecule has 0 aromatic heterocycles. The lowest BCUT2D eigenvalue weighted by atomic mass is 9.97. The molecule has 234 valence electrons. The molecule has 0 unspecified atom stereocenters. The van der Waals surface area contributed by atoms with E-state index >= 15 is 0 Å². The second kappa shape index (κ2) is 13.0. The summed E-state index contributed by atoms with van der Waals surface area (Å²) in [6.07, 6.45) is 0. The fraction of sp³-hybridized carbons (Fsp3) is 0.125. The van der Waals surface area contributed by atoms with E-state index in [-0.39, 0.29) is 0 Å². The summed E-state index contributed by atoms with van der Waals surface area (Å²) < 4.78 is 0. The zero-order valence-electron chi connectivity index (χ0n) is 28.9. The Hall–Kier alpha value is -5.46. The maximum atomic E-state index is 2.28. The van der Waals surface area contributed by atoms with Gasteiger partial charge in [-0.3, -0.25) is 0 Å². The van der Waals surface area contributed by atoms with E-state index in [0.29, 0.717) is 0 Å². The third kappa shape index (κ3) is 6.53. The molecule has 9 aromatic carbocycles. The van der Waals surface area contributed by atoms with Crippen LogP contribution in [0.3, 0.4) is 0 Å². The summed E-state index contributed by atoms with van der Waals surface area (Å²) in [4.78, 5) is 0. The van der Waals surface area contributed by atoms with Gasteiger partial charge in [0.1, 0.15) is 0 Å². The van der Waals surface area contributed by atoms with Crippen LogP contribution in [-0.2, 0) is 0 Å². The van der Waals surface area contributed by atoms with Crippen molar-refractivity contribution in [3.05, 3.63) is 179 Å². The van der Waals surface area contributed by atoms with Crippen LogP contribution < -0.4 is 0 Å². The van der Waals surface area contributed by atoms with E-state index in [1.54, 1.807) is 0 Å². The molecule has 0 saturated heterocycles. The molecule has 48 heavy (non-hydrogen) atoms. The van der Waals surface area contributed by atoms with Crippen LogP contribution in [0.4, 0.5) is 0 Å². The lowest BCUT2D eigenvalue weighted by Gasteiger charge is -2.08. The fourth-order valence-corrected chi connectivity index (χ4v) is 6.89. The molecule has 0 radical (unpaired) electrons. The van der Waals surface area contributed by atoms with E-state index < -0.39 is 0 Å². The van der Waals surface area contributed by atoms with Crippen molar-refractivity contribution in [1.29, 1.82) is 0 Å². The van der Waals surface area contributed by atoms with Gasteiger partial charge < -0.3 is 0 Å². The van der Waals surface area contributed by atoms with Crippen molar-refractivity contribution in [2.45, 2.75) is 41.5 Å². The molecule has 0 heterocycles. The van der Waals surface area contributed by atoms with Crippen LogP contribution in [0.2, 0.25) is 0 Å². The number of hydrogen-bond acceptors (Lipinski definition) is 0. The molecular formula is C48H42. The first-order chi connectivity index (χ1) is 23.2. The van der Waals surface area contributed by atoms with Gasteiger partial charge in [0.2, 0.25) is 0 Å². The second-order valence-electron chi connectivity index (χ2n) is 13.6. The lowest BCUT2D eigenvalue weighted by molar-refractivity contribution is 1.49. The molecule has 0 spiro atoms. The maximum Gasteiger partial charge on any atom is -0.0148 e. The van der Waals surface area contributed by atoms with E-state index in [1.165, 1.54) is 98.0 Å². The van der Waals surface area contributed by atoms with Crippen molar-refractivity contribution < 1.29 is 0 Å². The summed E-state index contributed by atoms with van der Waals surface area (Å²) >= 11 is 0. The Morgan fingerprint density at radius 2 is 0.542 bits per heavy atom. The highest BCUT2D eigenvalue weighted by Crippen LogP contribution is 2.29. The molecule has 0 N–H and O–H groups in total. The molecule has 0 aliphatic carbocycles. The van der Waals surface area contributed by atoms with Gasteiger partial charge in [0, 0.05) is 0 Å². The molecule has 0 fully saturated rings. The molecule has 0 heteroatoms. The minimum Gasteiger partial charge on any atom is -0.0616 e. The van der Waals surface area contributed by atoms with E-state index in [9.17, 15) is 0 Å². The third-order valence-electron chi connectivity index (χ3n) is 9.50. The Balaban J connectivity index is 0.000000114. The van der Waals surface area contributed by atoms with Crippen LogP contribution in [0.15, 0.2) is 146 Å². The van der Waals surface area contributed by atoms with Crippen LogP contribution in [0.25, 0.3) is 64.6 Å². The first kappa shape index (κ1) is 31.2. The smallest absolute Gasteiger partial charge is 0.0148 e. The number of aryl methyl sites for hydroxylation is 6. The van der Waals surface area contributed by atoms with Crippen LogP contribution in [0.5, 0.6) is 0 Å². The van der Waals surface area contributed by atoms with Crippen molar-refractivity contribution >= 4 is 64.6 Å². The van der Waals surface area contributed by atoms with Gasteiger partial charge in [-0.15, -0.1) is 0 Å². The average Bonchev–Trinajstić information content (AvgIpc) is 3.07. The normalized spacial score (nSPS) is 11.1. The van der Waals surface area contributed by atoms with Gasteiger partial charge >= 0.3 is 0 Å². The van der Waals surface area contributed by atoms with Gasteiger partial charge in [-0.1, -0.05) is 143 Å². The Morgan fingerprint density at radius 1 is 0.229 bits per heavy atom. The molecule has 0 aliphatic rings. The van der Waals surface area contributed by atoms with Crippen LogP contribution in [-0.4, -0.2) is 0 Å². The van der Waals surface area contributed by atoms with Gasteiger partial charge in [-0.25, -0.2) is 0 Å². The third-order valence-corrected chi connectivity index (χ3v) is 9.50. The van der Waals surface area contributed by atoms with Crippen molar-refractivity contribution in [3.8, 4) is 0 Å². The lowest BCUT2D eigenvalue weighted by Crippen LogP contribution is -1.83. The molecule has 9 rings (SSSR count). The number of hydrogen-bond donors (Lipinski definition) is 0. The van der Waals surface area contributed by atoms with Crippen molar-refractivity contribution in [1.82, 2.24) is 0 Å². The first-order valence-electron chi connectivity index (χ1n) is 16.9. The first-order valence-corrected chi connectivity index (χ1v) is 16.9. The standard InChI is InChI=1S/3C16H14/c1-11-3-5-13-10-16-8-12(2)4-6-14(16)9-15(13)7-11;1-11-3-5-13-9-14-6-4-12(2)8-16(14)10-15(13)7-11;1-11-7-8-16-12(2)15-6-4-3-5-13(15)10-14(16)9-11/h3*3-10H,1-2H3. The van der Waals surface area contributed by atoms with Crippen molar-refractivity contribution in [3.63, 3.8) is 0 Å². The largest absolute Gasteiger partial charge is 0.0616 e. The average molecular weight is 619 g/mol. The molecule has 0 saturated carbocycles. The van der Waals surface area contributed by atoms with Crippen molar-refractivity contribution in [2.24, 2.45) is 0 Å². The van der Waals surface area contributed by atoms with Crippen LogP contribution >= 0.6 is 0 Å². The topological polar surface area (TPSA) is 0 Å². The highest BCUT2D eigenvalue weighted by molar-refractivity contribution is 6.02. The Kier molecular flexibility index (Phi) is 8.42. The Morgan fingerprint density at radius 3 is 1.00 bits per heavy atom. The van der Waals surface area contributed by atoms with Gasteiger partial charge in [-0.2, -0.15) is 0 Å². The van der Waals surface area contributed by atoms with Crippen LogP contribution in [0, 0.1) is 41.5 Å². The predicted octanol–water partition coefficient (Wildman–Crippen LogP) is 13.8. The molecule has 0 nitrogen and oxygen atoms in total. The molecule has 0 atom stereocenters. The summed E-state index contributed by atoms with van der Waals surface area (Å²) in [7, 11) is 0. The Labute approximate surface area is 284 Å². The predicted molar refractivity (Wildman–Crippen MR) is 213 cm³/mol. The Bertz CT molecular complexity index is 2500. The van der Waals surface area contributed by atoms with E-state index in [2.05, 4.69) is 187 Å². The summed E-state index contributed by atoms with van der Waals surface area (Å²) in [5.74, 6) is 0. The summed E-state index contributed by atoms with van der Waals surface area (Å²) in [5, 5.41) is 16.0. The number of fused-ring (bicyclic) bond motifs is 6. The summed E-state index contributed by atoms with van der Waals surface area (Å²) in [6, 6.07) is 53.1. The minimum atomic E-state index is 1.32. The second-order valence-corrected chi connectivity index (χ2v) is 13.6. The molecular weight excluding hydrogens is 577 g/mol. The highest BCUT2D eigenvalue weighted by Gasteiger charge is 2.03. The van der Waals surface area contributed by atoms with E-state index in [4.69, 9.17) is 0 Å². The minimum absolute atomic E-state index is 1.32. The fourth-order valence-electron chi connectivity index (χ4n) is 6.89. The maximum absolute atomic E-state index is 2.28.